The summed E-state index contributed by atoms with van der Waals surface area (Å²) >= 11 is 1.48. The lowest BCUT2D eigenvalue weighted by Gasteiger charge is -2.21. The molecule has 0 fully saturated rings. The lowest BCUT2D eigenvalue weighted by atomic mass is 9.99. The minimum absolute atomic E-state index is 0.0399. The number of nitrogens with one attached hydrogen (secondary N) is 1. The summed E-state index contributed by atoms with van der Waals surface area (Å²) in [4.78, 5) is 25.9. The van der Waals surface area contributed by atoms with E-state index in [9.17, 15) is 9.59 Å². The number of aryl methyl sites for hydroxylation is 2. The van der Waals surface area contributed by atoms with Gasteiger partial charge in [-0.25, -0.2) is 4.79 Å². The number of methoxy groups -OCH3 is 1. The first kappa shape index (κ1) is 16.7. The smallest absolute Gasteiger partial charge is 0.328 e. The van der Waals surface area contributed by atoms with Crippen LogP contribution < -0.4 is 5.32 Å². The normalized spacial score (nSPS) is 13.7. The highest BCUT2D eigenvalue weighted by Crippen LogP contribution is 2.22. The second-order valence-corrected chi connectivity index (χ2v) is 6.07. The Labute approximate surface area is 124 Å². The van der Waals surface area contributed by atoms with Gasteiger partial charge in [-0.05, 0) is 30.9 Å². The van der Waals surface area contributed by atoms with Gasteiger partial charge in [-0.3, -0.25) is 4.79 Å². The van der Waals surface area contributed by atoms with Crippen LogP contribution in [0.5, 0.6) is 0 Å². The third-order valence-corrected chi connectivity index (χ3v) is 4.90. The molecule has 0 bridgehead atoms. The van der Waals surface area contributed by atoms with Crippen LogP contribution >= 0.6 is 11.3 Å². The fourth-order valence-corrected chi connectivity index (χ4v) is 3.01. The van der Waals surface area contributed by atoms with Gasteiger partial charge in [0, 0.05) is 4.88 Å². The second kappa shape index (κ2) is 7.43. The van der Waals surface area contributed by atoms with E-state index in [2.05, 4.69) is 12.2 Å². The lowest BCUT2D eigenvalue weighted by Crippen LogP contribution is -2.45. The number of hydrogen-bond donors (Lipinski definition) is 1. The van der Waals surface area contributed by atoms with E-state index in [-0.39, 0.29) is 11.8 Å². The largest absolute Gasteiger partial charge is 0.467 e. The predicted molar refractivity (Wildman–Crippen MR) is 81.2 cm³/mol. The molecule has 1 N–H and O–H groups in total. The molecule has 0 aliphatic carbocycles. The third-order valence-electron chi connectivity index (χ3n) is 3.52. The average Bonchev–Trinajstić information content (AvgIpc) is 2.84. The summed E-state index contributed by atoms with van der Waals surface area (Å²) in [6.07, 6.45) is 1.71. The van der Waals surface area contributed by atoms with Crippen molar-refractivity contribution in [2.45, 2.75) is 46.6 Å². The molecule has 0 aromatic carbocycles. The first-order chi connectivity index (χ1) is 9.44. The number of hydrogen-bond acceptors (Lipinski definition) is 4. The van der Waals surface area contributed by atoms with Crippen LogP contribution in [0.3, 0.4) is 0 Å². The quantitative estimate of drug-likeness (QED) is 0.821. The number of rotatable bonds is 6. The Morgan fingerprint density at radius 2 is 2.05 bits per heavy atom. The van der Waals surface area contributed by atoms with Crippen LogP contribution in [-0.2, 0) is 16.0 Å². The van der Waals surface area contributed by atoms with Crippen LogP contribution in [-0.4, -0.2) is 25.0 Å². The topological polar surface area (TPSA) is 55.4 Å². The zero-order valence-electron chi connectivity index (χ0n) is 12.8. The number of ether oxygens (including phenoxy) is 1. The zero-order chi connectivity index (χ0) is 15.3. The molecule has 1 amide bonds. The number of carbonyl (C=O) groups excluding carboxylic acids is 2. The Bertz CT molecular complexity index is 481. The summed E-state index contributed by atoms with van der Waals surface area (Å²) in [5.74, 6) is -0.553. The van der Waals surface area contributed by atoms with Crippen LogP contribution in [0, 0.1) is 12.8 Å². The Balaban J connectivity index is 2.87. The van der Waals surface area contributed by atoms with Gasteiger partial charge in [-0.1, -0.05) is 27.2 Å². The van der Waals surface area contributed by atoms with Gasteiger partial charge in [0.15, 0.2) is 0 Å². The average molecular weight is 297 g/mol. The van der Waals surface area contributed by atoms with Gasteiger partial charge in [0.25, 0.3) is 5.91 Å². The van der Waals surface area contributed by atoms with Crippen LogP contribution in [0.25, 0.3) is 0 Å². The van der Waals surface area contributed by atoms with E-state index >= 15 is 0 Å². The van der Waals surface area contributed by atoms with Gasteiger partial charge in [0.1, 0.15) is 6.04 Å². The van der Waals surface area contributed by atoms with Crippen LogP contribution in [0.2, 0.25) is 0 Å². The standard InChI is InChI=1S/C15H23NO3S/c1-6-9(3)13(15(18)19-5)16-14(17)12-8-10(4)11(7-2)20-12/h8-9,13H,6-7H2,1-5H3,(H,16,17). The molecule has 1 aromatic rings. The summed E-state index contributed by atoms with van der Waals surface area (Å²) in [6, 6.07) is 1.29. The van der Waals surface area contributed by atoms with E-state index in [1.165, 1.54) is 23.3 Å². The van der Waals surface area contributed by atoms with Gasteiger partial charge in [0.2, 0.25) is 0 Å². The first-order valence-electron chi connectivity index (χ1n) is 6.92. The van der Waals surface area contributed by atoms with E-state index in [0.29, 0.717) is 4.88 Å². The lowest BCUT2D eigenvalue weighted by molar-refractivity contribution is -0.144. The van der Waals surface area contributed by atoms with Crippen LogP contribution in [0.1, 0.15) is 47.3 Å². The Hall–Kier alpha value is -1.36. The zero-order valence-corrected chi connectivity index (χ0v) is 13.6. The van der Waals surface area contributed by atoms with Gasteiger partial charge in [0.05, 0.1) is 12.0 Å². The van der Waals surface area contributed by atoms with Crippen LogP contribution in [0.4, 0.5) is 0 Å². The maximum Gasteiger partial charge on any atom is 0.328 e. The molecule has 1 heterocycles. The fourth-order valence-electron chi connectivity index (χ4n) is 1.99. The van der Waals surface area contributed by atoms with Gasteiger partial charge < -0.3 is 10.1 Å². The molecule has 0 aliphatic rings. The van der Waals surface area contributed by atoms with E-state index in [1.54, 1.807) is 0 Å². The number of thiophene rings is 1. The van der Waals surface area contributed by atoms with Crippen molar-refractivity contribution in [1.82, 2.24) is 5.32 Å². The molecule has 5 heteroatoms. The van der Waals surface area contributed by atoms with E-state index in [1.807, 2.05) is 26.8 Å². The first-order valence-corrected chi connectivity index (χ1v) is 7.74. The molecule has 4 nitrogen and oxygen atoms in total. The minimum atomic E-state index is -0.593. The summed E-state index contributed by atoms with van der Waals surface area (Å²) in [6.45, 7) is 7.98. The number of carbonyl (C=O) groups is 2. The van der Waals surface area contributed by atoms with Crippen molar-refractivity contribution in [2.75, 3.05) is 7.11 Å². The molecule has 112 valence electrons. The summed E-state index contributed by atoms with van der Waals surface area (Å²) in [7, 11) is 1.34. The molecule has 2 unspecified atom stereocenters. The highest BCUT2D eigenvalue weighted by Gasteiger charge is 2.27. The van der Waals surface area contributed by atoms with Crippen LogP contribution in [0.15, 0.2) is 6.07 Å². The van der Waals surface area contributed by atoms with Crippen molar-refractivity contribution < 1.29 is 14.3 Å². The van der Waals surface area contributed by atoms with Gasteiger partial charge >= 0.3 is 5.97 Å². The molecule has 2 atom stereocenters. The molecule has 1 rings (SSSR count). The molecule has 0 spiro atoms. The monoisotopic (exact) mass is 297 g/mol. The van der Waals surface area contributed by atoms with E-state index < -0.39 is 12.0 Å². The van der Waals surface area contributed by atoms with Gasteiger partial charge in [-0.15, -0.1) is 11.3 Å². The van der Waals surface area contributed by atoms with Crippen molar-refractivity contribution in [3.8, 4) is 0 Å². The van der Waals surface area contributed by atoms with Crippen molar-refractivity contribution in [3.63, 3.8) is 0 Å². The third kappa shape index (κ3) is 3.82. The highest BCUT2D eigenvalue weighted by molar-refractivity contribution is 7.14. The number of amides is 1. The molecule has 0 aliphatic heterocycles. The number of esters is 1. The maximum absolute atomic E-state index is 12.3. The maximum atomic E-state index is 12.3. The molecule has 1 aromatic heterocycles. The second-order valence-electron chi connectivity index (χ2n) is 4.93. The Morgan fingerprint density at radius 1 is 1.40 bits per heavy atom. The predicted octanol–water partition coefficient (Wildman–Crippen LogP) is 2.94. The van der Waals surface area contributed by atoms with E-state index in [4.69, 9.17) is 4.74 Å². The summed E-state index contributed by atoms with van der Waals surface area (Å²) in [5.41, 5.74) is 1.13. The molecular weight excluding hydrogens is 274 g/mol. The van der Waals surface area contributed by atoms with Crippen molar-refractivity contribution >= 4 is 23.2 Å². The van der Waals surface area contributed by atoms with E-state index in [0.717, 1.165) is 18.4 Å². The molecule has 0 saturated carbocycles. The Morgan fingerprint density at radius 3 is 2.50 bits per heavy atom. The highest BCUT2D eigenvalue weighted by atomic mass is 32.1. The summed E-state index contributed by atoms with van der Waals surface area (Å²) < 4.78 is 4.77. The van der Waals surface area contributed by atoms with Gasteiger partial charge in [-0.2, -0.15) is 0 Å². The molecule has 0 radical (unpaired) electrons. The van der Waals surface area contributed by atoms with Crippen molar-refractivity contribution in [2.24, 2.45) is 5.92 Å². The summed E-state index contributed by atoms with van der Waals surface area (Å²) in [5, 5.41) is 2.80. The Kier molecular flexibility index (Phi) is 6.20. The fraction of sp³-hybridized carbons (Fsp3) is 0.600. The molecule has 0 saturated heterocycles. The molecule has 20 heavy (non-hydrogen) atoms. The van der Waals surface area contributed by atoms with Crippen molar-refractivity contribution in [3.05, 3.63) is 21.4 Å². The van der Waals surface area contributed by atoms with Crippen molar-refractivity contribution in [1.29, 1.82) is 0 Å². The molecular formula is C15H23NO3S. The minimum Gasteiger partial charge on any atom is -0.467 e. The SMILES string of the molecule is CCc1sc(C(=O)NC(C(=O)OC)C(C)CC)cc1C.